The van der Waals surface area contributed by atoms with Gasteiger partial charge in [-0.1, -0.05) is 11.8 Å². The number of thioether (sulfide) groups is 1. The Kier molecular flexibility index (Phi) is 1.54. The molecule has 0 aromatic rings. The Morgan fingerprint density at radius 3 is 2.92 bits per heavy atom. The number of amidine groups is 1. The van der Waals surface area contributed by atoms with Crippen molar-refractivity contribution in [2.24, 2.45) is 10.9 Å². The van der Waals surface area contributed by atoms with Crippen LogP contribution in [0.25, 0.3) is 0 Å². The first-order valence-electron chi connectivity index (χ1n) is 4.99. The van der Waals surface area contributed by atoms with Gasteiger partial charge in [0.15, 0.2) is 5.17 Å². The topological polar surface area (TPSA) is 15.6 Å². The first-order chi connectivity index (χ1) is 6.27. The van der Waals surface area contributed by atoms with Crippen molar-refractivity contribution in [3.63, 3.8) is 0 Å². The van der Waals surface area contributed by atoms with Crippen molar-refractivity contribution in [1.29, 1.82) is 0 Å². The van der Waals surface area contributed by atoms with E-state index in [9.17, 15) is 0 Å². The van der Waals surface area contributed by atoms with Gasteiger partial charge >= 0.3 is 0 Å². The molecule has 3 rings (SSSR count). The number of fused-ring (bicyclic) bond motifs is 1. The van der Waals surface area contributed by atoms with Crippen molar-refractivity contribution < 1.29 is 0 Å². The molecule has 0 N–H and O–H groups in total. The summed E-state index contributed by atoms with van der Waals surface area (Å²) in [5.41, 5.74) is 1.59. The van der Waals surface area contributed by atoms with Crippen LogP contribution in [0, 0.1) is 5.92 Å². The van der Waals surface area contributed by atoms with Crippen LogP contribution in [-0.4, -0.2) is 22.7 Å². The van der Waals surface area contributed by atoms with E-state index < -0.39 is 0 Å². The first-order valence-corrected chi connectivity index (χ1v) is 5.81. The molecule has 0 amide bonds. The van der Waals surface area contributed by atoms with Gasteiger partial charge in [0.2, 0.25) is 0 Å². The van der Waals surface area contributed by atoms with Gasteiger partial charge in [-0.15, -0.1) is 0 Å². The molecule has 1 fully saturated rings. The lowest BCUT2D eigenvalue weighted by Crippen LogP contribution is -2.30. The Morgan fingerprint density at radius 2 is 2.23 bits per heavy atom. The van der Waals surface area contributed by atoms with Crippen LogP contribution >= 0.6 is 11.8 Å². The molecule has 13 heavy (non-hydrogen) atoms. The lowest BCUT2D eigenvalue weighted by atomic mass is 10.2. The third kappa shape index (κ3) is 1.06. The van der Waals surface area contributed by atoms with Crippen LogP contribution in [0.3, 0.4) is 0 Å². The molecular weight excluding hydrogens is 180 g/mol. The van der Waals surface area contributed by atoms with Gasteiger partial charge in [-0.25, -0.2) is 0 Å². The summed E-state index contributed by atoms with van der Waals surface area (Å²) >= 11 is 1.87. The summed E-state index contributed by atoms with van der Waals surface area (Å²) in [4.78, 5) is 8.52. The molecular formula is C10H14N2S. The van der Waals surface area contributed by atoms with Gasteiger partial charge in [0.05, 0.1) is 12.6 Å². The van der Waals surface area contributed by atoms with Gasteiger partial charge in [0.25, 0.3) is 0 Å². The molecule has 70 valence electrons. The minimum atomic E-state index is 0.607. The molecule has 0 radical (unpaired) electrons. The molecule has 0 saturated heterocycles. The molecule has 0 aromatic heterocycles. The van der Waals surface area contributed by atoms with Crippen molar-refractivity contribution in [2.45, 2.75) is 32.7 Å². The summed E-state index contributed by atoms with van der Waals surface area (Å²) in [6.45, 7) is 5.51. The molecule has 0 spiro atoms. The summed E-state index contributed by atoms with van der Waals surface area (Å²) in [7, 11) is 0. The summed E-state index contributed by atoms with van der Waals surface area (Å²) in [6.07, 6.45) is 2.79. The fourth-order valence-electron chi connectivity index (χ4n) is 2.18. The Hall–Kier alpha value is -0.440. The molecule has 0 aromatic carbocycles. The highest BCUT2D eigenvalue weighted by Crippen LogP contribution is 2.49. The molecule has 2 aliphatic heterocycles. The summed E-state index contributed by atoms with van der Waals surface area (Å²) in [5.74, 6) is 0.862. The van der Waals surface area contributed by atoms with Crippen LogP contribution in [0.2, 0.25) is 0 Å². The summed E-state index contributed by atoms with van der Waals surface area (Å²) < 4.78 is 0. The molecule has 1 unspecified atom stereocenters. The van der Waals surface area contributed by atoms with E-state index in [-0.39, 0.29) is 0 Å². The second kappa shape index (κ2) is 2.53. The van der Waals surface area contributed by atoms with E-state index in [4.69, 9.17) is 0 Å². The van der Waals surface area contributed by atoms with Crippen molar-refractivity contribution in [3.8, 4) is 0 Å². The molecule has 0 bridgehead atoms. The van der Waals surface area contributed by atoms with Gasteiger partial charge in [-0.2, -0.15) is 0 Å². The van der Waals surface area contributed by atoms with Crippen molar-refractivity contribution >= 4 is 16.9 Å². The fraction of sp³-hybridized carbons (Fsp3) is 0.700. The molecule has 3 heteroatoms. The van der Waals surface area contributed by atoms with E-state index in [2.05, 4.69) is 23.7 Å². The van der Waals surface area contributed by atoms with Gasteiger partial charge in [0.1, 0.15) is 0 Å². The van der Waals surface area contributed by atoms with Crippen molar-refractivity contribution in [1.82, 2.24) is 4.90 Å². The third-order valence-electron chi connectivity index (χ3n) is 2.97. The lowest BCUT2D eigenvalue weighted by molar-refractivity contribution is 0.425. The quantitative estimate of drug-likeness (QED) is 0.637. The Bertz CT molecular complexity index is 315. The van der Waals surface area contributed by atoms with E-state index in [0.29, 0.717) is 6.04 Å². The number of nitrogens with zero attached hydrogens (tertiary/aromatic N) is 2. The van der Waals surface area contributed by atoms with E-state index in [1.807, 2.05) is 11.8 Å². The van der Waals surface area contributed by atoms with Crippen LogP contribution in [0.4, 0.5) is 0 Å². The molecule has 2 heterocycles. The van der Waals surface area contributed by atoms with Crippen LogP contribution < -0.4 is 0 Å². The van der Waals surface area contributed by atoms with Gasteiger partial charge in [-0.05, 0) is 26.7 Å². The zero-order valence-electron chi connectivity index (χ0n) is 8.08. The van der Waals surface area contributed by atoms with Crippen LogP contribution in [0.15, 0.2) is 15.6 Å². The number of rotatable bonds is 1. The summed E-state index contributed by atoms with van der Waals surface area (Å²) in [6, 6.07) is 0.607. The molecule has 2 nitrogen and oxygen atoms in total. The molecule has 3 aliphatic rings. The number of hydrogen-bond donors (Lipinski definition) is 0. The Morgan fingerprint density at radius 1 is 1.46 bits per heavy atom. The number of aliphatic imine (C=N–C) groups is 1. The standard InChI is InChI=1S/C10H14N2S/c1-6-5-11-10-12(6)9(7(2)13-10)8-3-4-8/h6,8H,3-5H2,1-2H3. The Balaban J connectivity index is 1.98. The largest absolute Gasteiger partial charge is 0.319 e. The highest BCUT2D eigenvalue weighted by Gasteiger charge is 2.41. The predicted octanol–water partition coefficient (Wildman–Crippen LogP) is 2.43. The zero-order chi connectivity index (χ0) is 9.00. The maximum absolute atomic E-state index is 4.55. The number of hydrogen-bond acceptors (Lipinski definition) is 3. The molecule has 1 atom stereocenters. The zero-order valence-corrected chi connectivity index (χ0v) is 8.90. The lowest BCUT2D eigenvalue weighted by Gasteiger charge is -2.22. The highest BCUT2D eigenvalue weighted by atomic mass is 32.2. The van der Waals surface area contributed by atoms with E-state index >= 15 is 0 Å². The number of allylic oxidation sites excluding steroid dienone is 2. The maximum Gasteiger partial charge on any atom is 0.168 e. The second-order valence-electron chi connectivity index (χ2n) is 4.16. The molecule has 1 aliphatic carbocycles. The van der Waals surface area contributed by atoms with E-state index in [1.165, 1.54) is 22.9 Å². The highest BCUT2D eigenvalue weighted by molar-refractivity contribution is 8.17. The van der Waals surface area contributed by atoms with E-state index in [0.717, 1.165) is 12.5 Å². The summed E-state index contributed by atoms with van der Waals surface area (Å²) in [5, 5.41) is 1.26. The smallest absolute Gasteiger partial charge is 0.168 e. The van der Waals surface area contributed by atoms with E-state index in [1.54, 1.807) is 5.70 Å². The van der Waals surface area contributed by atoms with Gasteiger partial charge in [0, 0.05) is 16.5 Å². The van der Waals surface area contributed by atoms with Gasteiger partial charge < -0.3 is 4.90 Å². The monoisotopic (exact) mass is 194 g/mol. The van der Waals surface area contributed by atoms with Crippen LogP contribution in [-0.2, 0) is 0 Å². The van der Waals surface area contributed by atoms with Crippen LogP contribution in [0.5, 0.6) is 0 Å². The average molecular weight is 194 g/mol. The third-order valence-corrected chi connectivity index (χ3v) is 3.99. The minimum Gasteiger partial charge on any atom is -0.319 e. The maximum atomic E-state index is 4.55. The average Bonchev–Trinajstić information content (AvgIpc) is 2.79. The second-order valence-corrected chi connectivity index (χ2v) is 5.34. The SMILES string of the molecule is CC1=C(C2CC2)N2C(=NCC2C)S1. The fourth-order valence-corrected chi connectivity index (χ4v) is 3.34. The first kappa shape index (κ1) is 7.92. The van der Waals surface area contributed by atoms with Crippen molar-refractivity contribution in [2.75, 3.05) is 6.54 Å². The van der Waals surface area contributed by atoms with Crippen LogP contribution in [0.1, 0.15) is 26.7 Å². The molecule has 1 saturated carbocycles. The Labute approximate surface area is 83.1 Å². The predicted molar refractivity (Wildman–Crippen MR) is 56.6 cm³/mol. The van der Waals surface area contributed by atoms with Crippen molar-refractivity contribution in [3.05, 3.63) is 10.6 Å². The van der Waals surface area contributed by atoms with Gasteiger partial charge in [-0.3, -0.25) is 4.99 Å². The minimum absolute atomic E-state index is 0.607. The normalized spacial score (nSPS) is 32.6.